The van der Waals surface area contributed by atoms with Crippen LogP contribution in [0.2, 0.25) is 0 Å². The molecule has 21 heavy (non-hydrogen) atoms. The predicted octanol–water partition coefficient (Wildman–Crippen LogP) is 0.760. The number of benzene rings is 1. The molecule has 7 nitrogen and oxygen atoms in total. The van der Waals surface area contributed by atoms with Gasteiger partial charge in [0.2, 0.25) is 0 Å². The SMILES string of the molecule is Cc1ccn(CCS(=O)(=O)c2cccc(/C(N)=N/O)c2)n1. The first-order valence-corrected chi connectivity index (χ1v) is 7.88. The minimum atomic E-state index is -3.47. The summed E-state index contributed by atoms with van der Waals surface area (Å²) in [5.41, 5.74) is 6.65. The fraction of sp³-hybridized carbons (Fsp3) is 0.231. The number of aryl methyl sites for hydroxylation is 2. The second-order valence-electron chi connectivity index (χ2n) is 4.55. The van der Waals surface area contributed by atoms with Gasteiger partial charge in [0.25, 0.3) is 0 Å². The summed E-state index contributed by atoms with van der Waals surface area (Å²) in [5, 5.41) is 15.6. The lowest BCUT2D eigenvalue weighted by atomic mass is 10.2. The minimum absolute atomic E-state index is 0.0756. The van der Waals surface area contributed by atoms with E-state index in [-0.39, 0.29) is 23.0 Å². The third-order valence-electron chi connectivity index (χ3n) is 2.96. The van der Waals surface area contributed by atoms with Gasteiger partial charge >= 0.3 is 0 Å². The van der Waals surface area contributed by atoms with Crippen molar-refractivity contribution in [2.24, 2.45) is 10.9 Å². The van der Waals surface area contributed by atoms with E-state index < -0.39 is 9.84 Å². The van der Waals surface area contributed by atoms with Crippen LogP contribution in [0.4, 0.5) is 0 Å². The number of hydrogen-bond acceptors (Lipinski definition) is 5. The largest absolute Gasteiger partial charge is 0.409 e. The number of oxime groups is 1. The molecule has 2 aromatic rings. The Labute approximate surface area is 122 Å². The molecule has 0 saturated heterocycles. The van der Waals surface area contributed by atoms with Crippen LogP contribution in [0.1, 0.15) is 11.3 Å². The number of aromatic nitrogens is 2. The lowest BCUT2D eigenvalue weighted by Gasteiger charge is -2.06. The summed E-state index contributed by atoms with van der Waals surface area (Å²) in [7, 11) is -3.47. The average Bonchev–Trinajstić information content (AvgIpc) is 2.90. The van der Waals surface area contributed by atoms with Crippen LogP contribution in [0.15, 0.2) is 46.6 Å². The van der Waals surface area contributed by atoms with Crippen LogP contribution in [0, 0.1) is 6.92 Å². The van der Waals surface area contributed by atoms with E-state index >= 15 is 0 Å². The van der Waals surface area contributed by atoms with E-state index in [1.807, 2.05) is 13.0 Å². The van der Waals surface area contributed by atoms with Crippen molar-refractivity contribution in [2.45, 2.75) is 18.4 Å². The number of hydrogen-bond donors (Lipinski definition) is 2. The number of nitrogens with zero attached hydrogens (tertiary/aromatic N) is 3. The lowest BCUT2D eigenvalue weighted by Crippen LogP contribution is -2.16. The molecule has 1 heterocycles. The van der Waals surface area contributed by atoms with Gasteiger partial charge in [-0.2, -0.15) is 5.10 Å². The maximum absolute atomic E-state index is 12.3. The Bertz CT molecular complexity index is 765. The molecule has 0 amide bonds. The average molecular weight is 308 g/mol. The summed E-state index contributed by atoms with van der Waals surface area (Å²) < 4.78 is 26.2. The molecule has 112 valence electrons. The van der Waals surface area contributed by atoms with Crippen molar-refractivity contribution < 1.29 is 13.6 Å². The van der Waals surface area contributed by atoms with Gasteiger partial charge in [0.05, 0.1) is 22.9 Å². The smallest absolute Gasteiger partial charge is 0.180 e. The highest BCUT2D eigenvalue weighted by atomic mass is 32.2. The van der Waals surface area contributed by atoms with Crippen molar-refractivity contribution in [1.29, 1.82) is 0 Å². The van der Waals surface area contributed by atoms with Crippen molar-refractivity contribution in [2.75, 3.05) is 5.75 Å². The van der Waals surface area contributed by atoms with E-state index in [1.165, 1.54) is 12.1 Å². The normalized spacial score (nSPS) is 12.5. The van der Waals surface area contributed by atoms with Gasteiger partial charge in [-0.25, -0.2) is 8.42 Å². The maximum Gasteiger partial charge on any atom is 0.180 e. The standard InChI is InChI=1S/C13H16N4O3S/c1-10-5-6-17(15-10)7-8-21(19,20)12-4-2-3-11(9-12)13(14)16-18/h2-6,9,18H,7-8H2,1H3,(H2,14,16). The second kappa shape index (κ2) is 5.96. The van der Waals surface area contributed by atoms with E-state index in [4.69, 9.17) is 10.9 Å². The summed E-state index contributed by atoms with van der Waals surface area (Å²) in [4.78, 5) is 0.135. The second-order valence-corrected chi connectivity index (χ2v) is 6.66. The van der Waals surface area contributed by atoms with Crippen LogP contribution in [0.25, 0.3) is 0 Å². The molecule has 0 fully saturated rings. The van der Waals surface area contributed by atoms with Crippen LogP contribution >= 0.6 is 0 Å². The van der Waals surface area contributed by atoms with Crippen molar-refractivity contribution >= 4 is 15.7 Å². The number of nitrogens with two attached hydrogens (primary N) is 1. The molecule has 0 bridgehead atoms. The van der Waals surface area contributed by atoms with E-state index in [9.17, 15) is 8.42 Å². The number of amidine groups is 1. The summed E-state index contributed by atoms with van der Waals surface area (Å²) in [6, 6.07) is 7.81. The van der Waals surface area contributed by atoms with Crippen LogP contribution in [0.5, 0.6) is 0 Å². The molecule has 0 aliphatic rings. The highest BCUT2D eigenvalue weighted by Crippen LogP contribution is 2.14. The van der Waals surface area contributed by atoms with Gasteiger partial charge in [-0.1, -0.05) is 17.3 Å². The minimum Gasteiger partial charge on any atom is -0.409 e. The Balaban J connectivity index is 2.19. The molecule has 0 spiro atoms. The quantitative estimate of drug-likeness (QED) is 0.367. The Morgan fingerprint density at radius 2 is 2.19 bits per heavy atom. The summed E-state index contributed by atoms with van der Waals surface area (Å²) in [5.74, 6) is -0.206. The molecule has 2 rings (SSSR count). The van der Waals surface area contributed by atoms with Crippen LogP contribution in [0.3, 0.4) is 0 Å². The van der Waals surface area contributed by atoms with Crippen LogP contribution < -0.4 is 5.73 Å². The first-order chi connectivity index (χ1) is 9.92. The zero-order chi connectivity index (χ0) is 15.5. The molecular formula is C13H16N4O3S. The van der Waals surface area contributed by atoms with E-state index in [2.05, 4.69) is 10.3 Å². The van der Waals surface area contributed by atoms with E-state index in [0.29, 0.717) is 5.56 Å². The molecule has 1 aromatic carbocycles. The molecule has 3 N–H and O–H groups in total. The van der Waals surface area contributed by atoms with Crippen molar-refractivity contribution in [3.8, 4) is 0 Å². The van der Waals surface area contributed by atoms with Crippen molar-refractivity contribution in [3.63, 3.8) is 0 Å². The third kappa shape index (κ3) is 3.60. The molecule has 0 radical (unpaired) electrons. The molecule has 0 aliphatic heterocycles. The first-order valence-electron chi connectivity index (χ1n) is 6.23. The fourth-order valence-electron chi connectivity index (χ4n) is 1.83. The van der Waals surface area contributed by atoms with Gasteiger partial charge < -0.3 is 10.9 Å². The van der Waals surface area contributed by atoms with Gasteiger partial charge in [0.1, 0.15) is 0 Å². The van der Waals surface area contributed by atoms with Gasteiger partial charge in [0, 0.05) is 11.8 Å². The van der Waals surface area contributed by atoms with Gasteiger partial charge in [-0.3, -0.25) is 4.68 Å². The lowest BCUT2D eigenvalue weighted by molar-refractivity contribution is 0.318. The third-order valence-corrected chi connectivity index (χ3v) is 4.65. The highest BCUT2D eigenvalue weighted by Gasteiger charge is 2.16. The van der Waals surface area contributed by atoms with Gasteiger partial charge in [-0.15, -0.1) is 0 Å². The molecule has 0 unspecified atom stereocenters. The topological polar surface area (TPSA) is 111 Å². The molecular weight excluding hydrogens is 292 g/mol. The van der Waals surface area contributed by atoms with E-state index in [1.54, 1.807) is 23.0 Å². The van der Waals surface area contributed by atoms with Gasteiger partial charge in [0.15, 0.2) is 15.7 Å². The predicted molar refractivity (Wildman–Crippen MR) is 78.0 cm³/mol. The maximum atomic E-state index is 12.3. The van der Waals surface area contributed by atoms with Crippen LogP contribution in [-0.2, 0) is 16.4 Å². The molecule has 8 heteroatoms. The number of sulfone groups is 1. The highest BCUT2D eigenvalue weighted by molar-refractivity contribution is 7.91. The first kappa shape index (κ1) is 15.0. The summed E-state index contributed by atoms with van der Waals surface area (Å²) in [6.07, 6.45) is 1.73. The summed E-state index contributed by atoms with van der Waals surface area (Å²) >= 11 is 0. The Morgan fingerprint density at radius 1 is 1.43 bits per heavy atom. The Morgan fingerprint density at radius 3 is 2.81 bits per heavy atom. The molecule has 0 atom stereocenters. The van der Waals surface area contributed by atoms with E-state index in [0.717, 1.165) is 5.69 Å². The fourth-order valence-corrected chi connectivity index (χ4v) is 3.08. The molecule has 1 aromatic heterocycles. The zero-order valence-corrected chi connectivity index (χ0v) is 12.3. The van der Waals surface area contributed by atoms with Crippen molar-refractivity contribution in [1.82, 2.24) is 9.78 Å². The zero-order valence-electron chi connectivity index (χ0n) is 11.5. The van der Waals surface area contributed by atoms with Crippen molar-refractivity contribution in [3.05, 3.63) is 47.8 Å². The Hall–Kier alpha value is -2.35. The number of rotatable bonds is 5. The molecule has 0 saturated carbocycles. The van der Waals surface area contributed by atoms with Gasteiger partial charge in [-0.05, 0) is 25.1 Å². The summed E-state index contributed by atoms with van der Waals surface area (Å²) in [6.45, 7) is 2.11. The monoisotopic (exact) mass is 308 g/mol. The van der Waals surface area contributed by atoms with Crippen LogP contribution in [-0.4, -0.2) is 35.0 Å². The molecule has 0 aliphatic carbocycles. The Kier molecular flexibility index (Phi) is 4.27.